The Balaban J connectivity index is 1.82. The summed E-state index contributed by atoms with van der Waals surface area (Å²) in [6, 6.07) is 0. The number of ether oxygens (including phenoxy) is 1. The van der Waals surface area contributed by atoms with Crippen LogP contribution in [0.25, 0.3) is 0 Å². The van der Waals surface area contributed by atoms with E-state index in [0.29, 0.717) is 6.61 Å². The van der Waals surface area contributed by atoms with Gasteiger partial charge in [0.25, 0.3) is 0 Å². The molecule has 78 valence electrons. The van der Waals surface area contributed by atoms with Crippen molar-refractivity contribution in [3.8, 4) is 0 Å². The van der Waals surface area contributed by atoms with E-state index < -0.39 is 0 Å². The molecule has 3 heteroatoms. The van der Waals surface area contributed by atoms with Crippen molar-refractivity contribution >= 4 is 0 Å². The minimum atomic E-state index is -0.307. The van der Waals surface area contributed by atoms with Crippen molar-refractivity contribution in [1.29, 1.82) is 0 Å². The summed E-state index contributed by atoms with van der Waals surface area (Å²) in [6.45, 7) is 2.48. The highest BCUT2D eigenvalue weighted by molar-refractivity contribution is 4.71. The fraction of sp³-hybridized carbons (Fsp3) is 1.00. The van der Waals surface area contributed by atoms with Gasteiger partial charge in [-0.3, -0.25) is 0 Å². The fourth-order valence-electron chi connectivity index (χ4n) is 1.55. The quantitative estimate of drug-likeness (QED) is 0.579. The molecular formula is C10H21NO2. The van der Waals surface area contributed by atoms with Gasteiger partial charge in [-0.05, 0) is 38.3 Å². The van der Waals surface area contributed by atoms with Gasteiger partial charge in [0.05, 0.1) is 12.7 Å². The monoisotopic (exact) mass is 187 g/mol. The number of hydrogen-bond donors (Lipinski definition) is 2. The SMILES string of the molecule is COCC(O)CCNCC1CCC1. The Morgan fingerprint density at radius 2 is 2.31 bits per heavy atom. The first-order valence-corrected chi connectivity index (χ1v) is 5.20. The predicted octanol–water partition coefficient (Wildman–Crippen LogP) is 0.773. The number of rotatable bonds is 7. The highest BCUT2D eigenvalue weighted by Crippen LogP contribution is 2.24. The average Bonchev–Trinajstić information content (AvgIpc) is 2.01. The van der Waals surface area contributed by atoms with E-state index in [2.05, 4.69) is 5.32 Å². The van der Waals surface area contributed by atoms with Gasteiger partial charge in [-0.2, -0.15) is 0 Å². The van der Waals surface area contributed by atoms with Crippen molar-refractivity contribution in [3.05, 3.63) is 0 Å². The standard InChI is InChI=1S/C10H21NO2/c1-13-8-10(12)5-6-11-7-9-3-2-4-9/h9-12H,2-8H2,1H3. The van der Waals surface area contributed by atoms with Crippen molar-refractivity contribution in [2.24, 2.45) is 5.92 Å². The molecule has 1 aliphatic rings. The summed E-state index contributed by atoms with van der Waals surface area (Å²) in [6.07, 6.45) is 4.65. The van der Waals surface area contributed by atoms with E-state index in [1.165, 1.54) is 19.3 Å². The Bertz CT molecular complexity index is 126. The number of nitrogens with one attached hydrogen (secondary N) is 1. The molecule has 2 N–H and O–H groups in total. The maximum Gasteiger partial charge on any atom is 0.0785 e. The van der Waals surface area contributed by atoms with E-state index in [0.717, 1.165) is 25.4 Å². The van der Waals surface area contributed by atoms with E-state index >= 15 is 0 Å². The predicted molar refractivity (Wildman–Crippen MR) is 52.7 cm³/mol. The van der Waals surface area contributed by atoms with Crippen LogP contribution in [0.4, 0.5) is 0 Å². The van der Waals surface area contributed by atoms with Gasteiger partial charge >= 0.3 is 0 Å². The van der Waals surface area contributed by atoms with E-state index in [1.807, 2.05) is 0 Å². The van der Waals surface area contributed by atoms with Crippen molar-refractivity contribution in [2.75, 3.05) is 26.8 Å². The van der Waals surface area contributed by atoms with Crippen molar-refractivity contribution in [2.45, 2.75) is 31.8 Å². The molecule has 1 saturated carbocycles. The summed E-state index contributed by atoms with van der Waals surface area (Å²) in [5.41, 5.74) is 0. The zero-order valence-electron chi connectivity index (χ0n) is 8.46. The Kier molecular flexibility index (Phi) is 5.35. The second-order valence-electron chi connectivity index (χ2n) is 3.90. The highest BCUT2D eigenvalue weighted by atomic mass is 16.5. The van der Waals surface area contributed by atoms with E-state index in [9.17, 15) is 5.11 Å². The number of aliphatic hydroxyl groups excluding tert-OH is 1. The first-order chi connectivity index (χ1) is 6.33. The molecule has 1 unspecified atom stereocenters. The van der Waals surface area contributed by atoms with E-state index in [1.54, 1.807) is 7.11 Å². The third kappa shape index (κ3) is 4.60. The van der Waals surface area contributed by atoms with Crippen LogP contribution in [-0.4, -0.2) is 38.0 Å². The van der Waals surface area contributed by atoms with Gasteiger partial charge < -0.3 is 15.2 Å². The van der Waals surface area contributed by atoms with Gasteiger partial charge in [-0.25, -0.2) is 0 Å². The summed E-state index contributed by atoms with van der Waals surface area (Å²) in [5, 5.41) is 12.7. The summed E-state index contributed by atoms with van der Waals surface area (Å²) < 4.78 is 4.84. The topological polar surface area (TPSA) is 41.5 Å². The largest absolute Gasteiger partial charge is 0.391 e. The van der Waals surface area contributed by atoms with Crippen LogP contribution >= 0.6 is 0 Å². The number of hydrogen-bond acceptors (Lipinski definition) is 3. The first-order valence-electron chi connectivity index (χ1n) is 5.20. The molecule has 1 fully saturated rings. The van der Waals surface area contributed by atoms with Crippen LogP contribution in [-0.2, 0) is 4.74 Å². The second-order valence-corrected chi connectivity index (χ2v) is 3.90. The molecule has 0 aromatic rings. The summed E-state index contributed by atoms with van der Waals surface area (Å²) in [5.74, 6) is 0.902. The third-order valence-corrected chi connectivity index (χ3v) is 2.67. The molecule has 0 radical (unpaired) electrons. The molecule has 0 spiro atoms. The zero-order valence-corrected chi connectivity index (χ0v) is 8.46. The van der Waals surface area contributed by atoms with Gasteiger partial charge in [0.2, 0.25) is 0 Å². The van der Waals surface area contributed by atoms with Crippen molar-refractivity contribution in [1.82, 2.24) is 5.32 Å². The Labute approximate surface area is 80.5 Å². The number of methoxy groups -OCH3 is 1. The maximum absolute atomic E-state index is 9.32. The molecule has 3 nitrogen and oxygen atoms in total. The van der Waals surface area contributed by atoms with Crippen molar-refractivity contribution < 1.29 is 9.84 Å². The van der Waals surface area contributed by atoms with Crippen LogP contribution in [0.2, 0.25) is 0 Å². The summed E-state index contributed by atoms with van der Waals surface area (Å²) >= 11 is 0. The molecule has 13 heavy (non-hydrogen) atoms. The molecule has 0 heterocycles. The molecular weight excluding hydrogens is 166 g/mol. The maximum atomic E-state index is 9.32. The summed E-state index contributed by atoms with van der Waals surface area (Å²) in [4.78, 5) is 0. The molecule has 1 atom stereocenters. The lowest BCUT2D eigenvalue weighted by Crippen LogP contribution is -2.30. The van der Waals surface area contributed by atoms with Gasteiger partial charge in [0.15, 0.2) is 0 Å². The van der Waals surface area contributed by atoms with Gasteiger partial charge in [0, 0.05) is 7.11 Å². The minimum Gasteiger partial charge on any atom is -0.391 e. The smallest absolute Gasteiger partial charge is 0.0785 e. The molecule has 1 aliphatic carbocycles. The van der Waals surface area contributed by atoms with Crippen LogP contribution in [0.5, 0.6) is 0 Å². The molecule has 0 saturated heterocycles. The molecule has 1 rings (SSSR count). The molecule has 0 aromatic carbocycles. The average molecular weight is 187 g/mol. The molecule has 0 amide bonds. The lowest BCUT2D eigenvalue weighted by molar-refractivity contribution is 0.0591. The number of aliphatic hydroxyl groups is 1. The second kappa shape index (κ2) is 6.35. The van der Waals surface area contributed by atoms with E-state index in [-0.39, 0.29) is 6.10 Å². The van der Waals surface area contributed by atoms with Crippen LogP contribution in [0.1, 0.15) is 25.7 Å². The van der Waals surface area contributed by atoms with Crippen LogP contribution < -0.4 is 5.32 Å². The Hall–Kier alpha value is -0.120. The zero-order chi connectivity index (χ0) is 9.52. The highest BCUT2D eigenvalue weighted by Gasteiger charge is 2.16. The molecule has 0 bridgehead atoms. The van der Waals surface area contributed by atoms with Crippen LogP contribution in [0.3, 0.4) is 0 Å². The van der Waals surface area contributed by atoms with E-state index in [4.69, 9.17) is 4.74 Å². The summed E-state index contributed by atoms with van der Waals surface area (Å²) in [7, 11) is 1.62. The lowest BCUT2D eigenvalue weighted by Gasteiger charge is -2.25. The first kappa shape index (κ1) is 11.0. The fourth-order valence-corrected chi connectivity index (χ4v) is 1.55. The van der Waals surface area contributed by atoms with Gasteiger partial charge in [0.1, 0.15) is 0 Å². The van der Waals surface area contributed by atoms with Crippen LogP contribution in [0, 0.1) is 5.92 Å². The Morgan fingerprint density at radius 1 is 1.54 bits per heavy atom. The third-order valence-electron chi connectivity index (χ3n) is 2.67. The Morgan fingerprint density at radius 3 is 2.85 bits per heavy atom. The van der Waals surface area contributed by atoms with Crippen molar-refractivity contribution in [3.63, 3.8) is 0 Å². The molecule has 0 aromatic heterocycles. The lowest BCUT2D eigenvalue weighted by atomic mass is 9.85. The van der Waals surface area contributed by atoms with Gasteiger partial charge in [-0.1, -0.05) is 6.42 Å². The van der Waals surface area contributed by atoms with Gasteiger partial charge in [-0.15, -0.1) is 0 Å². The molecule has 0 aliphatic heterocycles. The minimum absolute atomic E-state index is 0.307. The normalized spacial score (nSPS) is 19.8. The van der Waals surface area contributed by atoms with Crippen LogP contribution in [0.15, 0.2) is 0 Å².